The lowest BCUT2D eigenvalue weighted by Crippen LogP contribution is -2.42. The normalized spacial score (nSPS) is 13.0. The van der Waals surface area contributed by atoms with E-state index in [2.05, 4.69) is 15.5 Å². The molecule has 0 fully saturated rings. The average molecular weight is 268 g/mol. The Hall–Kier alpha value is -1.56. The highest BCUT2D eigenvalue weighted by Gasteiger charge is 2.22. The number of nitrogens with zero attached hydrogens (tertiary/aromatic N) is 1. The summed E-state index contributed by atoms with van der Waals surface area (Å²) >= 11 is 0. The van der Waals surface area contributed by atoms with Crippen molar-refractivity contribution in [3.8, 4) is 0 Å². The number of methoxy groups -OCH3 is 1. The molecule has 1 atom stereocenters. The van der Waals surface area contributed by atoms with Gasteiger partial charge < -0.3 is 15.8 Å². The fourth-order valence-corrected chi connectivity index (χ4v) is 1.79. The van der Waals surface area contributed by atoms with Crippen molar-refractivity contribution in [2.75, 3.05) is 19.5 Å². The van der Waals surface area contributed by atoms with Crippen LogP contribution in [0.25, 0.3) is 0 Å². The second-order valence-corrected chi connectivity index (χ2v) is 5.33. The predicted molar refractivity (Wildman–Crippen MR) is 75.1 cm³/mol. The van der Waals surface area contributed by atoms with Crippen LogP contribution in [0, 0.1) is 5.92 Å². The van der Waals surface area contributed by atoms with Gasteiger partial charge in [-0.25, -0.2) is 0 Å². The van der Waals surface area contributed by atoms with Gasteiger partial charge in [-0.3, -0.25) is 9.89 Å². The molecule has 0 aliphatic heterocycles. The van der Waals surface area contributed by atoms with Gasteiger partial charge in [0.2, 0.25) is 0 Å². The molecule has 1 amide bonds. The van der Waals surface area contributed by atoms with Gasteiger partial charge in [0.25, 0.3) is 5.91 Å². The van der Waals surface area contributed by atoms with Gasteiger partial charge in [-0.15, -0.1) is 0 Å². The smallest absolute Gasteiger partial charge is 0.274 e. The van der Waals surface area contributed by atoms with E-state index >= 15 is 0 Å². The monoisotopic (exact) mass is 268 g/mol. The first-order chi connectivity index (χ1) is 8.88. The third kappa shape index (κ3) is 3.70. The molecule has 1 aromatic heterocycles. The zero-order valence-corrected chi connectivity index (χ0v) is 12.3. The van der Waals surface area contributed by atoms with Crippen molar-refractivity contribution in [2.45, 2.75) is 39.7 Å². The van der Waals surface area contributed by atoms with Crippen LogP contribution in [0.4, 0.5) is 5.69 Å². The summed E-state index contributed by atoms with van der Waals surface area (Å²) in [5.74, 6) is 0.207. The highest BCUT2D eigenvalue weighted by molar-refractivity contribution is 5.97. The maximum atomic E-state index is 12.2. The molecule has 0 saturated carbocycles. The molecule has 1 aromatic rings. The van der Waals surface area contributed by atoms with E-state index in [1.54, 1.807) is 7.11 Å². The van der Waals surface area contributed by atoms with E-state index in [-0.39, 0.29) is 29.5 Å². The Morgan fingerprint density at radius 3 is 2.47 bits per heavy atom. The number of hydrogen-bond donors (Lipinski definition) is 3. The SMILES string of the molecule is COCC(NC(=O)c1n[nH]c(C(C)C)c1N)C(C)C. The van der Waals surface area contributed by atoms with Crippen molar-refractivity contribution in [3.05, 3.63) is 11.4 Å². The van der Waals surface area contributed by atoms with Crippen molar-refractivity contribution >= 4 is 11.6 Å². The molecule has 4 N–H and O–H groups in total. The molecule has 0 aliphatic rings. The Kier molecular flexibility index (Phi) is 5.35. The number of nitrogens with one attached hydrogen (secondary N) is 2. The molecule has 0 spiro atoms. The first kappa shape index (κ1) is 15.5. The molecule has 0 bridgehead atoms. The maximum absolute atomic E-state index is 12.2. The molecule has 1 heterocycles. The summed E-state index contributed by atoms with van der Waals surface area (Å²) in [5.41, 5.74) is 7.41. The lowest BCUT2D eigenvalue weighted by Gasteiger charge is -2.21. The van der Waals surface area contributed by atoms with E-state index < -0.39 is 0 Å². The molecule has 1 unspecified atom stereocenters. The topological polar surface area (TPSA) is 93.0 Å². The summed E-state index contributed by atoms with van der Waals surface area (Å²) in [4.78, 5) is 12.2. The average Bonchev–Trinajstić information content (AvgIpc) is 2.70. The van der Waals surface area contributed by atoms with Crippen molar-refractivity contribution in [1.29, 1.82) is 0 Å². The van der Waals surface area contributed by atoms with E-state index in [4.69, 9.17) is 10.5 Å². The van der Waals surface area contributed by atoms with Crippen molar-refractivity contribution in [2.24, 2.45) is 5.92 Å². The van der Waals surface area contributed by atoms with Crippen molar-refractivity contribution < 1.29 is 9.53 Å². The quantitative estimate of drug-likeness (QED) is 0.729. The van der Waals surface area contributed by atoms with Gasteiger partial charge in [-0.05, 0) is 11.8 Å². The van der Waals surface area contributed by atoms with Crippen LogP contribution in [0.3, 0.4) is 0 Å². The van der Waals surface area contributed by atoms with Gasteiger partial charge in [0.15, 0.2) is 5.69 Å². The summed E-state index contributed by atoms with van der Waals surface area (Å²) in [7, 11) is 1.61. The molecule has 1 rings (SSSR count). The molecule has 6 nitrogen and oxygen atoms in total. The second kappa shape index (κ2) is 6.56. The molecular formula is C13H24N4O2. The van der Waals surface area contributed by atoms with Crippen LogP contribution in [0.1, 0.15) is 49.8 Å². The number of amides is 1. The number of rotatable bonds is 6. The Morgan fingerprint density at radius 2 is 2.05 bits per heavy atom. The Labute approximate surface area is 114 Å². The second-order valence-electron chi connectivity index (χ2n) is 5.33. The minimum Gasteiger partial charge on any atom is -0.395 e. The van der Waals surface area contributed by atoms with Gasteiger partial charge in [0, 0.05) is 7.11 Å². The molecular weight excluding hydrogens is 244 g/mol. The standard InChI is InChI=1S/C13H24N4O2/c1-7(2)9(6-19-5)15-13(18)12-10(14)11(8(3)4)16-17-12/h7-9H,6,14H2,1-5H3,(H,15,18)(H,16,17). The highest BCUT2D eigenvalue weighted by atomic mass is 16.5. The van der Waals surface area contributed by atoms with Gasteiger partial charge >= 0.3 is 0 Å². The minimum atomic E-state index is -0.267. The first-order valence-corrected chi connectivity index (χ1v) is 6.52. The molecule has 0 aromatic carbocycles. The molecule has 0 aliphatic carbocycles. The molecule has 108 valence electrons. The Bertz CT molecular complexity index is 426. The number of aromatic amines is 1. The molecule has 6 heteroatoms. The molecule has 19 heavy (non-hydrogen) atoms. The van der Waals surface area contributed by atoms with E-state index in [9.17, 15) is 4.79 Å². The first-order valence-electron chi connectivity index (χ1n) is 6.52. The van der Waals surface area contributed by atoms with Crippen LogP contribution in [0.15, 0.2) is 0 Å². The largest absolute Gasteiger partial charge is 0.395 e. The lowest BCUT2D eigenvalue weighted by atomic mass is 10.0. The fraction of sp³-hybridized carbons (Fsp3) is 0.692. The van der Waals surface area contributed by atoms with Gasteiger partial charge in [0.1, 0.15) is 0 Å². The summed E-state index contributed by atoms with van der Waals surface area (Å²) in [6, 6.07) is -0.0592. The van der Waals surface area contributed by atoms with Gasteiger partial charge in [0.05, 0.1) is 24.0 Å². The summed E-state index contributed by atoms with van der Waals surface area (Å²) in [6.07, 6.45) is 0. The Balaban J connectivity index is 2.83. The third-order valence-corrected chi connectivity index (χ3v) is 3.09. The number of H-pyrrole nitrogens is 1. The summed E-state index contributed by atoms with van der Waals surface area (Å²) in [6.45, 7) is 8.50. The van der Waals surface area contributed by atoms with Crippen LogP contribution in [0.2, 0.25) is 0 Å². The minimum absolute atomic E-state index is 0.0592. The van der Waals surface area contributed by atoms with E-state index in [1.165, 1.54) is 0 Å². The zero-order chi connectivity index (χ0) is 14.6. The summed E-state index contributed by atoms with van der Waals surface area (Å²) < 4.78 is 5.10. The number of carbonyl (C=O) groups excluding carboxylic acids is 1. The number of anilines is 1. The molecule has 0 radical (unpaired) electrons. The predicted octanol–water partition coefficient (Wildman–Crippen LogP) is 1.52. The van der Waals surface area contributed by atoms with Crippen LogP contribution < -0.4 is 11.1 Å². The van der Waals surface area contributed by atoms with Gasteiger partial charge in [-0.2, -0.15) is 5.10 Å². The Morgan fingerprint density at radius 1 is 1.42 bits per heavy atom. The van der Waals surface area contributed by atoms with Crippen molar-refractivity contribution in [1.82, 2.24) is 15.5 Å². The number of nitrogen functional groups attached to an aromatic ring is 1. The van der Waals surface area contributed by atoms with Crippen LogP contribution in [-0.2, 0) is 4.74 Å². The lowest BCUT2D eigenvalue weighted by molar-refractivity contribution is 0.0862. The van der Waals surface area contributed by atoms with E-state index in [0.717, 1.165) is 5.69 Å². The number of aromatic nitrogens is 2. The van der Waals surface area contributed by atoms with Crippen LogP contribution in [0.5, 0.6) is 0 Å². The number of nitrogens with two attached hydrogens (primary N) is 1. The van der Waals surface area contributed by atoms with E-state index in [1.807, 2.05) is 27.7 Å². The van der Waals surface area contributed by atoms with Crippen molar-refractivity contribution in [3.63, 3.8) is 0 Å². The maximum Gasteiger partial charge on any atom is 0.274 e. The summed E-state index contributed by atoms with van der Waals surface area (Å²) in [5, 5.41) is 9.73. The number of carbonyl (C=O) groups is 1. The fourth-order valence-electron chi connectivity index (χ4n) is 1.79. The van der Waals surface area contributed by atoms with Gasteiger partial charge in [-0.1, -0.05) is 27.7 Å². The van der Waals surface area contributed by atoms with E-state index in [0.29, 0.717) is 12.3 Å². The third-order valence-electron chi connectivity index (χ3n) is 3.09. The number of ether oxygens (including phenoxy) is 1. The molecule has 0 saturated heterocycles. The van der Waals surface area contributed by atoms with Crippen LogP contribution >= 0.6 is 0 Å². The van der Waals surface area contributed by atoms with Crippen LogP contribution in [-0.4, -0.2) is 35.9 Å². The highest BCUT2D eigenvalue weighted by Crippen LogP contribution is 2.22. The zero-order valence-electron chi connectivity index (χ0n) is 12.3. The number of hydrogen-bond acceptors (Lipinski definition) is 4.